The zero-order valence-corrected chi connectivity index (χ0v) is 19.8. The van der Waals surface area contributed by atoms with Crippen molar-refractivity contribution in [1.29, 1.82) is 0 Å². The van der Waals surface area contributed by atoms with Crippen molar-refractivity contribution < 1.29 is 19.4 Å². The Morgan fingerprint density at radius 2 is 2.03 bits per heavy atom. The fourth-order valence-electron chi connectivity index (χ4n) is 4.63. The van der Waals surface area contributed by atoms with E-state index in [0.29, 0.717) is 6.42 Å². The molecule has 2 N–H and O–H groups in total. The first kappa shape index (κ1) is 23.0. The molecule has 0 atom stereocenters. The molecule has 2 aliphatic rings. The van der Waals surface area contributed by atoms with E-state index in [4.69, 9.17) is 19.6 Å². The number of carbonyl (C=O) groups excluding carboxylic acids is 1. The average molecular weight is 454 g/mol. The number of benzene rings is 1. The van der Waals surface area contributed by atoms with E-state index in [1.807, 2.05) is 19.9 Å². The maximum Gasteiger partial charge on any atom is 0.251 e. The van der Waals surface area contributed by atoms with Gasteiger partial charge in [-0.1, -0.05) is 0 Å². The third kappa shape index (κ3) is 4.53. The van der Waals surface area contributed by atoms with Gasteiger partial charge in [-0.05, 0) is 51.8 Å². The number of fused-ring (bicyclic) bond motifs is 3. The van der Waals surface area contributed by atoms with Gasteiger partial charge in [0.05, 0.1) is 25.0 Å². The Hall–Kier alpha value is -3.13. The first-order valence-electron chi connectivity index (χ1n) is 11.1. The summed E-state index contributed by atoms with van der Waals surface area (Å²) < 4.78 is 13.3. The summed E-state index contributed by atoms with van der Waals surface area (Å²) in [7, 11) is 1.65. The molecule has 4 rings (SSSR count). The third-order valence-electron chi connectivity index (χ3n) is 5.91. The van der Waals surface area contributed by atoms with Crippen LogP contribution in [-0.2, 0) is 24.2 Å². The van der Waals surface area contributed by atoms with E-state index in [1.165, 1.54) is 10.6 Å². The fraction of sp³-hybridized carbons (Fsp3) is 0.480. The molecule has 0 spiro atoms. The first-order chi connectivity index (χ1) is 15.5. The predicted octanol–water partition coefficient (Wildman–Crippen LogP) is 1.85. The van der Waals surface area contributed by atoms with Crippen LogP contribution < -0.4 is 20.3 Å². The molecule has 3 heterocycles. The van der Waals surface area contributed by atoms with Gasteiger partial charge in [-0.15, -0.1) is 0 Å². The molecule has 8 heteroatoms. The topological polar surface area (TPSA) is 102 Å². The lowest BCUT2D eigenvalue weighted by molar-refractivity contribution is -0.121. The second-order valence-corrected chi connectivity index (χ2v) is 9.87. The highest BCUT2D eigenvalue weighted by molar-refractivity contribution is 6.16. The van der Waals surface area contributed by atoms with E-state index in [1.54, 1.807) is 19.4 Å². The van der Waals surface area contributed by atoms with Gasteiger partial charge in [-0.2, -0.15) is 0 Å². The number of amides is 1. The van der Waals surface area contributed by atoms with Gasteiger partial charge in [-0.25, -0.2) is 0 Å². The van der Waals surface area contributed by atoms with Crippen molar-refractivity contribution in [3.63, 3.8) is 0 Å². The number of carbonyl (C=O) groups is 1. The van der Waals surface area contributed by atoms with Gasteiger partial charge in [0.25, 0.3) is 5.56 Å². The van der Waals surface area contributed by atoms with E-state index in [9.17, 15) is 9.59 Å². The van der Waals surface area contributed by atoms with Crippen LogP contribution >= 0.6 is 0 Å². The summed E-state index contributed by atoms with van der Waals surface area (Å²) in [5, 5.41) is 11.5. The molecule has 8 nitrogen and oxygen atoms in total. The number of hydrogen-bond acceptors (Lipinski definition) is 6. The van der Waals surface area contributed by atoms with Crippen LogP contribution in [0.15, 0.2) is 34.2 Å². The maximum absolute atomic E-state index is 12.4. The largest absolute Gasteiger partial charge is 0.493 e. The van der Waals surface area contributed by atoms with E-state index in [2.05, 4.69) is 19.2 Å². The Morgan fingerprint density at radius 3 is 2.73 bits per heavy atom. The molecular formula is C25H31N3O5. The second-order valence-electron chi connectivity index (χ2n) is 9.87. The zero-order valence-electron chi connectivity index (χ0n) is 19.8. The molecule has 2 aliphatic heterocycles. The number of nitrogens with one attached hydrogen (secondary N) is 1. The van der Waals surface area contributed by atoms with Gasteiger partial charge in [0.1, 0.15) is 12.1 Å². The minimum absolute atomic E-state index is 0.132. The number of aromatic nitrogens is 1. The highest BCUT2D eigenvalue weighted by Crippen LogP contribution is 2.47. The smallest absolute Gasteiger partial charge is 0.251 e. The van der Waals surface area contributed by atoms with E-state index in [-0.39, 0.29) is 42.3 Å². The maximum atomic E-state index is 12.4. The lowest BCUT2D eigenvalue weighted by Crippen LogP contribution is -2.34. The molecule has 176 valence electrons. The number of nitrogens with zero attached hydrogens (tertiary/aromatic N) is 2. The van der Waals surface area contributed by atoms with Crippen LogP contribution in [0, 0.1) is 0 Å². The number of aliphatic hydroxyl groups is 1. The number of rotatable bonds is 6. The van der Waals surface area contributed by atoms with Gasteiger partial charge < -0.3 is 24.5 Å². The van der Waals surface area contributed by atoms with Crippen molar-refractivity contribution in [2.75, 3.05) is 20.3 Å². The van der Waals surface area contributed by atoms with Crippen LogP contribution in [0.2, 0.25) is 0 Å². The van der Waals surface area contributed by atoms with Crippen LogP contribution in [0.5, 0.6) is 11.5 Å². The summed E-state index contributed by atoms with van der Waals surface area (Å²) in [6, 6.07) is 5.25. The number of hydrogen-bond donors (Lipinski definition) is 2. The average Bonchev–Trinajstić information content (AvgIpc) is 3.06. The molecule has 0 fully saturated rings. The van der Waals surface area contributed by atoms with Gasteiger partial charge in [0, 0.05) is 41.9 Å². The normalized spacial score (nSPS) is 17.5. The molecule has 1 aromatic carbocycles. The van der Waals surface area contributed by atoms with Gasteiger partial charge >= 0.3 is 0 Å². The Kier molecular flexibility index (Phi) is 5.82. The molecule has 1 aromatic heterocycles. The molecule has 0 saturated carbocycles. The molecule has 0 unspecified atom stereocenters. The van der Waals surface area contributed by atoms with E-state index < -0.39 is 0 Å². The highest BCUT2D eigenvalue weighted by atomic mass is 16.5. The molecule has 0 aliphatic carbocycles. The van der Waals surface area contributed by atoms with Crippen molar-refractivity contribution >= 4 is 11.6 Å². The SMILES string of the molecule is COc1cc2c(c3c1OC(C)(C)C3)C(c1ccc(=O)n(CC(=O)NCCO)c1)=NC(C)(C)C2. The zero-order chi connectivity index (χ0) is 24.0. The molecule has 1 amide bonds. The summed E-state index contributed by atoms with van der Waals surface area (Å²) in [5.41, 5.74) is 3.75. The van der Waals surface area contributed by atoms with Gasteiger partial charge in [0.15, 0.2) is 11.5 Å². The monoisotopic (exact) mass is 453 g/mol. The Morgan fingerprint density at radius 1 is 1.27 bits per heavy atom. The fourth-order valence-corrected chi connectivity index (χ4v) is 4.63. The van der Waals surface area contributed by atoms with Crippen molar-refractivity contribution in [2.45, 2.75) is 58.2 Å². The minimum atomic E-state index is -0.369. The number of ether oxygens (including phenoxy) is 2. The van der Waals surface area contributed by atoms with Crippen molar-refractivity contribution in [1.82, 2.24) is 9.88 Å². The number of pyridine rings is 1. The van der Waals surface area contributed by atoms with Crippen LogP contribution in [-0.4, -0.2) is 52.7 Å². The van der Waals surface area contributed by atoms with Crippen LogP contribution in [0.1, 0.15) is 49.9 Å². The summed E-state index contributed by atoms with van der Waals surface area (Å²) in [6.45, 7) is 8.11. The van der Waals surface area contributed by atoms with Crippen LogP contribution in [0.25, 0.3) is 0 Å². The number of aliphatic hydroxyl groups excluding tert-OH is 1. The quantitative estimate of drug-likeness (QED) is 0.695. The Balaban J connectivity index is 1.84. The molecular weight excluding hydrogens is 422 g/mol. The van der Waals surface area contributed by atoms with E-state index in [0.717, 1.165) is 45.9 Å². The van der Waals surface area contributed by atoms with Crippen LogP contribution in [0.3, 0.4) is 0 Å². The summed E-state index contributed by atoms with van der Waals surface area (Å²) >= 11 is 0. The second kappa shape index (κ2) is 8.33. The predicted molar refractivity (Wildman–Crippen MR) is 126 cm³/mol. The lowest BCUT2D eigenvalue weighted by atomic mass is 9.81. The third-order valence-corrected chi connectivity index (χ3v) is 5.91. The molecule has 0 radical (unpaired) electrons. The number of methoxy groups -OCH3 is 1. The van der Waals surface area contributed by atoms with E-state index >= 15 is 0 Å². The minimum Gasteiger partial charge on any atom is -0.493 e. The Labute approximate surface area is 193 Å². The lowest BCUT2D eigenvalue weighted by Gasteiger charge is -2.31. The summed E-state index contributed by atoms with van der Waals surface area (Å²) in [5.74, 6) is 1.12. The van der Waals surface area contributed by atoms with Gasteiger partial charge in [-0.3, -0.25) is 14.6 Å². The highest BCUT2D eigenvalue weighted by Gasteiger charge is 2.39. The molecule has 33 heavy (non-hydrogen) atoms. The van der Waals surface area contributed by atoms with Crippen molar-refractivity contribution in [2.24, 2.45) is 4.99 Å². The van der Waals surface area contributed by atoms with Crippen molar-refractivity contribution in [3.05, 3.63) is 57.0 Å². The molecule has 0 bridgehead atoms. The summed E-state index contributed by atoms with van der Waals surface area (Å²) in [4.78, 5) is 29.7. The number of aliphatic imine (C=N–C) groups is 1. The van der Waals surface area contributed by atoms with Gasteiger partial charge in [0.2, 0.25) is 5.91 Å². The standard InChI is InChI=1S/C25H31N3O5/c1-24(2)11-16-10-18(32-5)23-17(12-25(3,4)33-23)21(16)22(27-24)15-6-7-20(31)28(13-15)14-19(30)26-8-9-29/h6-7,10,13,29H,8-9,11-12,14H2,1-5H3,(H,26,30). The molecule has 0 saturated heterocycles. The van der Waals surface area contributed by atoms with Crippen molar-refractivity contribution in [3.8, 4) is 11.5 Å². The first-order valence-corrected chi connectivity index (χ1v) is 11.1. The Bertz CT molecular complexity index is 1190. The van der Waals surface area contributed by atoms with Crippen LogP contribution in [0.4, 0.5) is 0 Å². The molecule has 2 aromatic rings. The summed E-state index contributed by atoms with van der Waals surface area (Å²) in [6.07, 6.45) is 3.14.